The Kier molecular flexibility index (Phi) is 4.80. The van der Waals surface area contributed by atoms with Gasteiger partial charge in [0.15, 0.2) is 0 Å². The van der Waals surface area contributed by atoms with Gasteiger partial charge in [-0.15, -0.1) is 0 Å². The molecule has 0 saturated heterocycles. The lowest BCUT2D eigenvalue weighted by molar-refractivity contribution is 0.0177. The first-order chi connectivity index (χ1) is 7.83. The number of nitrogens with one attached hydrogen (secondary N) is 1. The van der Waals surface area contributed by atoms with Gasteiger partial charge in [-0.2, -0.15) is 0 Å². The third-order valence-corrected chi connectivity index (χ3v) is 3.28. The maximum absolute atomic E-state index is 11.9. The molecule has 1 N–H and O–H groups in total. The first-order valence-electron chi connectivity index (χ1n) is 6.46. The van der Waals surface area contributed by atoms with Crippen molar-refractivity contribution in [3.63, 3.8) is 0 Å². The van der Waals surface area contributed by atoms with Gasteiger partial charge in [0.25, 0.3) is 0 Å². The van der Waals surface area contributed by atoms with Gasteiger partial charge in [-0.3, -0.25) is 0 Å². The number of nitrogens with zero attached hydrogens (tertiary/aromatic N) is 1. The van der Waals surface area contributed by atoms with Crippen LogP contribution in [0.25, 0.3) is 0 Å². The lowest BCUT2D eigenvalue weighted by Crippen LogP contribution is -2.46. The Bertz CT molecular complexity index is 261. The second-order valence-electron chi connectivity index (χ2n) is 5.90. The molecule has 0 bridgehead atoms. The van der Waals surface area contributed by atoms with Crippen LogP contribution in [0.4, 0.5) is 4.79 Å². The summed E-state index contributed by atoms with van der Waals surface area (Å²) in [5.74, 6) is 0. The second-order valence-corrected chi connectivity index (χ2v) is 5.90. The van der Waals surface area contributed by atoms with Crippen molar-refractivity contribution in [1.29, 1.82) is 0 Å². The van der Waals surface area contributed by atoms with Crippen molar-refractivity contribution >= 4 is 6.09 Å². The van der Waals surface area contributed by atoms with E-state index in [2.05, 4.69) is 5.32 Å². The van der Waals surface area contributed by atoms with E-state index in [4.69, 9.17) is 4.74 Å². The normalized spacial score (nSPS) is 25.5. The average Bonchev–Trinajstić information content (AvgIpc) is 2.26. The maximum atomic E-state index is 11.9. The van der Waals surface area contributed by atoms with E-state index in [1.54, 1.807) is 4.90 Å². The van der Waals surface area contributed by atoms with Crippen molar-refractivity contribution in [2.24, 2.45) is 0 Å². The van der Waals surface area contributed by atoms with Crippen LogP contribution in [-0.2, 0) is 4.74 Å². The quantitative estimate of drug-likeness (QED) is 0.808. The molecular weight excluding hydrogens is 216 g/mol. The summed E-state index contributed by atoms with van der Waals surface area (Å²) in [6.07, 6.45) is 4.26. The topological polar surface area (TPSA) is 41.6 Å². The Morgan fingerprint density at radius 3 is 2.53 bits per heavy atom. The van der Waals surface area contributed by atoms with Crippen LogP contribution in [0.3, 0.4) is 0 Å². The molecule has 0 aliphatic heterocycles. The minimum Gasteiger partial charge on any atom is -0.444 e. The van der Waals surface area contributed by atoms with E-state index in [-0.39, 0.29) is 6.09 Å². The van der Waals surface area contributed by atoms with E-state index in [1.807, 2.05) is 34.9 Å². The van der Waals surface area contributed by atoms with Crippen molar-refractivity contribution in [3.05, 3.63) is 0 Å². The summed E-state index contributed by atoms with van der Waals surface area (Å²) in [4.78, 5) is 13.7. The highest BCUT2D eigenvalue weighted by atomic mass is 16.6. The zero-order chi connectivity index (χ0) is 13.1. The van der Waals surface area contributed by atoms with Crippen LogP contribution < -0.4 is 5.32 Å². The molecule has 0 aromatic carbocycles. The third kappa shape index (κ3) is 4.54. The lowest BCUT2D eigenvalue weighted by Gasteiger charge is -2.36. The molecule has 100 valence electrons. The van der Waals surface area contributed by atoms with Gasteiger partial charge in [-0.05, 0) is 53.5 Å². The van der Waals surface area contributed by atoms with E-state index in [0.717, 1.165) is 12.8 Å². The molecule has 0 spiro atoms. The summed E-state index contributed by atoms with van der Waals surface area (Å²) in [5, 5.41) is 3.30. The summed E-state index contributed by atoms with van der Waals surface area (Å²) in [6.45, 7) is 5.70. The van der Waals surface area contributed by atoms with Crippen molar-refractivity contribution < 1.29 is 9.53 Å². The highest BCUT2D eigenvalue weighted by molar-refractivity contribution is 5.68. The lowest BCUT2D eigenvalue weighted by atomic mass is 9.90. The molecule has 2 unspecified atom stereocenters. The number of carbonyl (C=O) groups is 1. The molecule has 2 atom stereocenters. The molecule has 0 aromatic rings. The van der Waals surface area contributed by atoms with Crippen LogP contribution in [0.15, 0.2) is 0 Å². The molecule has 1 fully saturated rings. The molecule has 17 heavy (non-hydrogen) atoms. The third-order valence-electron chi connectivity index (χ3n) is 3.28. The Labute approximate surface area is 105 Å². The van der Waals surface area contributed by atoms with Gasteiger partial charge >= 0.3 is 6.09 Å². The van der Waals surface area contributed by atoms with Crippen molar-refractivity contribution in [1.82, 2.24) is 10.2 Å². The average molecular weight is 242 g/mol. The predicted molar refractivity (Wildman–Crippen MR) is 69.1 cm³/mol. The molecule has 1 saturated carbocycles. The fraction of sp³-hybridized carbons (Fsp3) is 0.923. The second kappa shape index (κ2) is 5.71. The largest absolute Gasteiger partial charge is 0.444 e. The van der Waals surface area contributed by atoms with Crippen LogP contribution in [0, 0.1) is 0 Å². The Hall–Kier alpha value is -0.770. The minimum absolute atomic E-state index is 0.209. The number of hydrogen-bond donors (Lipinski definition) is 1. The van der Waals surface area contributed by atoms with Gasteiger partial charge in [0.05, 0.1) is 0 Å². The summed E-state index contributed by atoms with van der Waals surface area (Å²) in [7, 11) is 3.83. The number of rotatable bonds is 2. The van der Waals surface area contributed by atoms with E-state index in [0.29, 0.717) is 12.1 Å². The molecule has 1 aliphatic carbocycles. The van der Waals surface area contributed by atoms with Crippen LogP contribution in [0.5, 0.6) is 0 Å². The SMILES string of the molecule is CNC1CCCC(N(C)C(=O)OC(C)(C)C)C1. The van der Waals surface area contributed by atoms with Crippen LogP contribution in [0.2, 0.25) is 0 Å². The molecule has 4 heteroatoms. The summed E-state index contributed by atoms with van der Waals surface area (Å²) in [6, 6.07) is 0.828. The fourth-order valence-electron chi connectivity index (χ4n) is 2.26. The van der Waals surface area contributed by atoms with Gasteiger partial charge in [-0.1, -0.05) is 0 Å². The monoisotopic (exact) mass is 242 g/mol. The first kappa shape index (κ1) is 14.3. The van der Waals surface area contributed by atoms with Gasteiger partial charge in [0, 0.05) is 19.1 Å². The highest BCUT2D eigenvalue weighted by Crippen LogP contribution is 2.23. The predicted octanol–water partition coefficient (Wildman–Crippen LogP) is 2.38. The van der Waals surface area contributed by atoms with E-state index in [9.17, 15) is 4.79 Å². The summed E-state index contributed by atoms with van der Waals surface area (Å²) < 4.78 is 5.39. The first-order valence-corrected chi connectivity index (χ1v) is 6.46. The molecule has 0 heterocycles. The highest BCUT2D eigenvalue weighted by Gasteiger charge is 2.29. The number of carbonyl (C=O) groups excluding carboxylic acids is 1. The van der Waals surface area contributed by atoms with Gasteiger partial charge < -0.3 is 15.0 Å². The molecule has 1 amide bonds. The van der Waals surface area contributed by atoms with Crippen LogP contribution in [-0.4, -0.2) is 42.8 Å². The Morgan fingerprint density at radius 2 is 2.00 bits per heavy atom. The molecule has 4 nitrogen and oxygen atoms in total. The maximum Gasteiger partial charge on any atom is 0.410 e. The van der Waals surface area contributed by atoms with Crippen molar-refractivity contribution in [2.75, 3.05) is 14.1 Å². The number of ether oxygens (including phenoxy) is 1. The zero-order valence-electron chi connectivity index (χ0n) is 11.7. The smallest absolute Gasteiger partial charge is 0.410 e. The molecule has 0 aromatic heterocycles. The van der Waals surface area contributed by atoms with Gasteiger partial charge in [0.1, 0.15) is 5.60 Å². The van der Waals surface area contributed by atoms with E-state index in [1.165, 1.54) is 12.8 Å². The molecular formula is C13H26N2O2. The van der Waals surface area contributed by atoms with Crippen LogP contribution in [0.1, 0.15) is 46.5 Å². The Morgan fingerprint density at radius 1 is 1.35 bits per heavy atom. The van der Waals surface area contributed by atoms with Crippen LogP contribution >= 0.6 is 0 Å². The van der Waals surface area contributed by atoms with Crippen molar-refractivity contribution in [2.45, 2.75) is 64.1 Å². The van der Waals surface area contributed by atoms with E-state index < -0.39 is 5.60 Å². The van der Waals surface area contributed by atoms with Gasteiger partial charge in [-0.25, -0.2) is 4.79 Å². The number of hydrogen-bond acceptors (Lipinski definition) is 3. The van der Waals surface area contributed by atoms with E-state index >= 15 is 0 Å². The molecule has 0 radical (unpaired) electrons. The zero-order valence-corrected chi connectivity index (χ0v) is 11.7. The standard InChI is InChI=1S/C13H26N2O2/c1-13(2,3)17-12(16)15(5)11-8-6-7-10(9-11)14-4/h10-11,14H,6-9H2,1-5H3. The molecule has 1 aliphatic rings. The summed E-state index contributed by atoms with van der Waals surface area (Å²) in [5.41, 5.74) is -0.414. The van der Waals surface area contributed by atoms with Crippen molar-refractivity contribution in [3.8, 4) is 0 Å². The number of amides is 1. The fourth-order valence-corrected chi connectivity index (χ4v) is 2.26. The Balaban J connectivity index is 2.51. The molecule has 1 rings (SSSR count). The summed E-state index contributed by atoms with van der Waals surface area (Å²) >= 11 is 0. The minimum atomic E-state index is -0.414. The van der Waals surface area contributed by atoms with Gasteiger partial charge in [0.2, 0.25) is 0 Å².